The highest BCUT2D eigenvalue weighted by atomic mass is 79.9. The minimum Gasteiger partial charge on any atom is -0.493 e. The molecule has 2 aromatic carbocycles. The molecule has 136 valence electrons. The van der Waals surface area contributed by atoms with Gasteiger partial charge in [-0.1, -0.05) is 23.8 Å². The monoisotopic (exact) mass is 433 g/mol. The second kappa shape index (κ2) is 6.82. The van der Waals surface area contributed by atoms with Crippen molar-refractivity contribution in [3.05, 3.63) is 62.6 Å². The van der Waals surface area contributed by atoms with Crippen LogP contribution in [0.15, 0.2) is 40.9 Å². The zero-order valence-electron chi connectivity index (χ0n) is 15.0. The van der Waals surface area contributed by atoms with Crippen LogP contribution >= 0.6 is 27.5 Å². The van der Waals surface area contributed by atoms with Gasteiger partial charge in [-0.25, -0.2) is 0 Å². The van der Waals surface area contributed by atoms with Gasteiger partial charge in [0.1, 0.15) is 0 Å². The third kappa shape index (κ3) is 2.80. The van der Waals surface area contributed by atoms with Crippen molar-refractivity contribution in [2.24, 2.45) is 5.92 Å². The van der Waals surface area contributed by atoms with Gasteiger partial charge in [-0.05, 0) is 76.1 Å². The van der Waals surface area contributed by atoms with Gasteiger partial charge < -0.3 is 14.8 Å². The molecule has 26 heavy (non-hydrogen) atoms. The third-order valence-electron chi connectivity index (χ3n) is 5.45. The van der Waals surface area contributed by atoms with Crippen LogP contribution in [0.3, 0.4) is 0 Å². The van der Waals surface area contributed by atoms with E-state index < -0.39 is 0 Å². The van der Waals surface area contributed by atoms with E-state index in [4.69, 9.17) is 21.1 Å². The van der Waals surface area contributed by atoms with Crippen molar-refractivity contribution in [1.29, 1.82) is 0 Å². The molecular weight excluding hydrogens is 414 g/mol. The van der Waals surface area contributed by atoms with Crippen molar-refractivity contribution in [1.82, 2.24) is 0 Å². The number of hydrogen-bond donors (Lipinski definition) is 1. The fraction of sp³-hybridized carbons (Fsp3) is 0.333. The Bertz CT molecular complexity index is 896. The normalized spacial score (nSPS) is 23.2. The van der Waals surface area contributed by atoms with Crippen LogP contribution in [0.2, 0.25) is 5.02 Å². The van der Waals surface area contributed by atoms with Gasteiger partial charge in [-0.3, -0.25) is 0 Å². The van der Waals surface area contributed by atoms with Crippen LogP contribution in [0.4, 0.5) is 5.69 Å². The highest BCUT2D eigenvalue weighted by Crippen LogP contribution is 2.52. The lowest BCUT2D eigenvalue weighted by atomic mass is 9.76. The van der Waals surface area contributed by atoms with Crippen LogP contribution in [0.1, 0.15) is 35.1 Å². The Hall–Kier alpha value is -1.65. The molecule has 1 N–H and O–H groups in total. The number of nitrogens with one attached hydrogen (secondary N) is 1. The standard InChI is InChI=1S/C21H21BrClNO2/c1-11-7-13(23)10-16-14-5-4-6-15(14)20(24-19(11)16)12-8-17(22)21(26-3)18(9-12)25-2/h4-5,7-10,14-15,20,24H,6H2,1-3H3/t14-,15-,20-/m0/s1. The van der Waals surface area contributed by atoms with Gasteiger partial charge in [-0.15, -0.1) is 0 Å². The molecule has 0 saturated carbocycles. The molecule has 0 aromatic heterocycles. The number of ether oxygens (including phenoxy) is 2. The second-order valence-electron chi connectivity index (χ2n) is 6.90. The quantitative estimate of drug-likeness (QED) is 0.579. The second-order valence-corrected chi connectivity index (χ2v) is 8.19. The van der Waals surface area contributed by atoms with E-state index in [2.05, 4.69) is 58.5 Å². The topological polar surface area (TPSA) is 30.5 Å². The molecule has 0 spiro atoms. The summed E-state index contributed by atoms with van der Waals surface area (Å²) < 4.78 is 11.9. The number of fused-ring (bicyclic) bond motifs is 3. The lowest BCUT2D eigenvalue weighted by Gasteiger charge is -2.38. The van der Waals surface area contributed by atoms with E-state index >= 15 is 0 Å². The predicted octanol–water partition coefficient (Wildman–Crippen LogP) is 6.25. The number of rotatable bonds is 3. The van der Waals surface area contributed by atoms with Gasteiger partial charge in [0.2, 0.25) is 0 Å². The molecule has 0 fully saturated rings. The number of allylic oxidation sites excluding steroid dienone is 2. The lowest BCUT2D eigenvalue weighted by molar-refractivity contribution is 0.351. The highest BCUT2D eigenvalue weighted by molar-refractivity contribution is 9.10. The van der Waals surface area contributed by atoms with Gasteiger partial charge in [0.05, 0.1) is 24.7 Å². The van der Waals surface area contributed by atoms with Crippen molar-refractivity contribution < 1.29 is 9.47 Å². The van der Waals surface area contributed by atoms with Crippen molar-refractivity contribution in [3.63, 3.8) is 0 Å². The summed E-state index contributed by atoms with van der Waals surface area (Å²) in [6.07, 6.45) is 5.65. The first-order valence-electron chi connectivity index (χ1n) is 8.68. The Morgan fingerprint density at radius 3 is 2.69 bits per heavy atom. The molecule has 0 amide bonds. The molecule has 0 radical (unpaired) electrons. The Morgan fingerprint density at radius 2 is 1.96 bits per heavy atom. The van der Waals surface area contributed by atoms with Crippen molar-refractivity contribution in [2.45, 2.75) is 25.3 Å². The Kier molecular flexibility index (Phi) is 4.66. The van der Waals surface area contributed by atoms with E-state index in [1.54, 1.807) is 14.2 Å². The van der Waals surface area contributed by atoms with E-state index in [-0.39, 0.29) is 6.04 Å². The van der Waals surface area contributed by atoms with Crippen LogP contribution in [-0.4, -0.2) is 14.2 Å². The maximum atomic E-state index is 6.33. The van der Waals surface area contributed by atoms with E-state index in [0.717, 1.165) is 27.4 Å². The Morgan fingerprint density at radius 1 is 1.15 bits per heavy atom. The molecule has 1 heterocycles. The fourth-order valence-electron chi connectivity index (χ4n) is 4.29. The molecule has 1 aliphatic carbocycles. The fourth-order valence-corrected chi connectivity index (χ4v) is 5.19. The van der Waals surface area contributed by atoms with Crippen LogP contribution < -0.4 is 14.8 Å². The molecule has 0 unspecified atom stereocenters. The van der Waals surface area contributed by atoms with Crippen LogP contribution in [0.5, 0.6) is 11.5 Å². The molecule has 2 aromatic rings. The number of methoxy groups -OCH3 is 2. The van der Waals surface area contributed by atoms with Gasteiger partial charge >= 0.3 is 0 Å². The summed E-state index contributed by atoms with van der Waals surface area (Å²) in [5.74, 6) is 2.28. The average molecular weight is 435 g/mol. The summed E-state index contributed by atoms with van der Waals surface area (Å²) in [4.78, 5) is 0. The van der Waals surface area contributed by atoms with Crippen molar-refractivity contribution in [3.8, 4) is 11.5 Å². The summed E-state index contributed by atoms with van der Waals surface area (Å²) in [5.41, 5.74) is 4.85. The highest BCUT2D eigenvalue weighted by Gasteiger charge is 2.39. The average Bonchev–Trinajstić information content (AvgIpc) is 3.10. The molecule has 0 bridgehead atoms. The minimum atomic E-state index is 0.193. The first-order valence-corrected chi connectivity index (χ1v) is 9.85. The smallest absolute Gasteiger partial charge is 0.174 e. The van der Waals surface area contributed by atoms with Gasteiger partial charge in [0.15, 0.2) is 11.5 Å². The summed E-state index contributed by atoms with van der Waals surface area (Å²) in [6.45, 7) is 2.11. The Labute approximate surface area is 167 Å². The summed E-state index contributed by atoms with van der Waals surface area (Å²) in [6, 6.07) is 8.52. The number of hydrogen-bond acceptors (Lipinski definition) is 3. The van der Waals surface area contributed by atoms with Gasteiger partial charge in [0.25, 0.3) is 0 Å². The van der Waals surface area contributed by atoms with Crippen LogP contribution in [-0.2, 0) is 0 Å². The zero-order chi connectivity index (χ0) is 18.4. The largest absolute Gasteiger partial charge is 0.493 e. The maximum absolute atomic E-state index is 6.33. The first kappa shape index (κ1) is 17.7. The Balaban J connectivity index is 1.82. The van der Waals surface area contributed by atoms with Crippen LogP contribution in [0, 0.1) is 12.8 Å². The first-order chi connectivity index (χ1) is 12.5. The molecule has 3 nitrogen and oxygen atoms in total. The van der Waals surface area contributed by atoms with E-state index in [1.807, 2.05) is 6.07 Å². The SMILES string of the molecule is COc1cc([C@@H]2Nc3c(C)cc(Cl)cc3[C@H]3C=CC[C@@H]32)cc(Br)c1OC. The maximum Gasteiger partial charge on any atom is 0.174 e. The van der Waals surface area contributed by atoms with Gasteiger partial charge in [-0.2, -0.15) is 0 Å². The van der Waals surface area contributed by atoms with Crippen molar-refractivity contribution in [2.75, 3.05) is 19.5 Å². The molecule has 3 atom stereocenters. The number of aryl methyl sites for hydroxylation is 1. The molecule has 1 aliphatic heterocycles. The molecule has 2 aliphatic rings. The predicted molar refractivity (Wildman–Crippen MR) is 110 cm³/mol. The van der Waals surface area contributed by atoms with Gasteiger partial charge in [0, 0.05) is 16.6 Å². The molecule has 0 saturated heterocycles. The lowest BCUT2D eigenvalue weighted by Crippen LogP contribution is -2.29. The van der Waals surface area contributed by atoms with Crippen molar-refractivity contribution >= 4 is 33.2 Å². The minimum absolute atomic E-state index is 0.193. The number of benzene rings is 2. The van der Waals surface area contributed by atoms with E-state index in [1.165, 1.54) is 22.4 Å². The summed E-state index contributed by atoms with van der Waals surface area (Å²) in [7, 11) is 3.32. The van der Waals surface area contributed by atoms with Crippen LogP contribution in [0.25, 0.3) is 0 Å². The summed E-state index contributed by atoms with van der Waals surface area (Å²) >= 11 is 9.96. The molecule has 4 rings (SSSR count). The third-order valence-corrected chi connectivity index (χ3v) is 6.25. The number of halogens is 2. The molecular formula is C21H21BrClNO2. The van der Waals surface area contributed by atoms with E-state index in [9.17, 15) is 0 Å². The molecule has 5 heteroatoms. The number of anilines is 1. The zero-order valence-corrected chi connectivity index (χ0v) is 17.3. The summed E-state index contributed by atoms with van der Waals surface area (Å²) in [5, 5.41) is 4.58. The van der Waals surface area contributed by atoms with E-state index in [0.29, 0.717) is 11.8 Å².